The Balaban J connectivity index is 2.55. The second kappa shape index (κ2) is 4.07. The summed E-state index contributed by atoms with van der Waals surface area (Å²) in [5.74, 6) is -0.552. The SMILES string of the molecule is CCC(C)[C@@H]1NC(C(=O)O)CC1O. The first-order valence-electron chi connectivity index (χ1n) is 4.73. The molecule has 0 aromatic heterocycles. The molecule has 0 radical (unpaired) electrons. The van der Waals surface area contributed by atoms with Gasteiger partial charge in [-0.05, 0) is 5.92 Å². The number of carbonyl (C=O) groups is 1. The molecule has 0 aliphatic carbocycles. The molecule has 0 saturated carbocycles. The Hall–Kier alpha value is -0.610. The fourth-order valence-corrected chi connectivity index (χ4v) is 1.77. The first-order valence-corrected chi connectivity index (χ1v) is 4.73. The van der Waals surface area contributed by atoms with Crippen LogP contribution in [0.5, 0.6) is 0 Å². The highest BCUT2D eigenvalue weighted by molar-refractivity contribution is 5.74. The highest BCUT2D eigenvalue weighted by atomic mass is 16.4. The van der Waals surface area contributed by atoms with Crippen molar-refractivity contribution in [1.29, 1.82) is 0 Å². The smallest absolute Gasteiger partial charge is 0.320 e. The van der Waals surface area contributed by atoms with E-state index in [1.807, 2.05) is 13.8 Å². The summed E-state index contributed by atoms with van der Waals surface area (Å²) in [5.41, 5.74) is 0. The zero-order valence-electron chi connectivity index (χ0n) is 8.03. The van der Waals surface area contributed by atoms with Gasteiger partial charge in [0.2, 0.25) is 0 Å². The van der Waals surface area contributed by atoms with E-state index in [1.165, 1.54) is 0 Å². The maximum Gasteiger partial charge on any atom is 0.320 e. The van der Waals surface area contributed by atoms with Gasteiger partial charge in [0.1, 0.15) is 6.04 Å². The number of nitrogens with one attached hydrogen (secondary N) is 1. The lowest BCUT2D eigenvalue weighted by molar-refractivity contribution is -0.139. The minimum atomic E-state index is -0.871. The number of aliphatic carboxylic acids is 1. The molecule has 0 aromatic rings. The van der Waals surface area contributed by atoms with Gasteiger partial charge in [-0.3, -0.25) is 10.1 Å². The van der Waals surface area contributed by atoms with Gasteiger partial charge in [0.25, 0.3) is 0 Å². The number of aliphatic hydroxyl groups excluding tert-OH is 1. The van der Waals surface area contributed by atoms with E-state index in [0.29, 0.717) is 12.3 Å². The molecule has 1 saturated heterocycles. The van der Waals surface area contributed by atoms with Crippen LogP contribution in [0.4, 0.5) is 0 Å². The van der Waals surface area contributed by atoms with Crippen molar-refractivity contribution in [2.45, 2.75) is 44.9 Å². The number of hydrogen-bond donors (Lipinski definition) is 3. The van der Waals surface area contributed by atoms with Gasteiger partial charge in [0.05, 0.1) is 6.10 Å². The molecule has 0 spiro atoms. The minimum absolute atomic E-state index is 0.0638. The predicted octanol–water partition coefficient (Wildman–Crippen LogP) is 0.208. The van der Waals surface area contributed by atoms with Gasteiger partial charge < -0.3 is 10.2 Å². The van der Waals surface area contributed by atoms with Crippen LogP contribution >= 0.6 is 0 Å². The Morgan fingerprint density at radius 2 is 2.31 bits per heavy atom. The average molecular weight is 187 g/mol. The third-order valence-corrected chi connectivity index (χ3v) is 2.84. The van der Waals surface area contributed by atoms with E-state index in [0.717, 1.165) is 6.42 Å². The molecular weight excluding hydrogens is 170 g/mol. The molecular formula is C9H17NO3. The summed E-state index contributed by atoms with van der Waals surface area (Å²) >= 11 is 0. The Morgan fingerprint density at radius 3 is 2.69 bits per heavy atom. The Kier molecular flexibility index (Phi) is 3.27. The van der Waals surface area contributed by atoms with Crippen LogP contribution in [0, 0.1) is 5.92 Å². The summed E-state index contributed by atoms with van der Waals surface area (Å²) in [7, 11) is 0. The Bertz CT molecular complexity index is 195. The lowest BCUT2D eigenvalue weighted by Crippen LogP contribution is -2.40. The fourth-order valence-electron chi connectivity index (χ4n) is 1.77. The number of carboxylic acid groups (broad SMARTS) is 1. The van der Waals surface area contributed by atoms with Crippen molar-refractivity contribution >= 4 is 5.97 Å². The van der Waals surface area contributed by atoms with Crippen LogP contribution in [0.25, 0.3) is 0 Å². The van der Waals surface area contributed by atoms with Crippen LogP contribution in [-0.4, -0.2) is 34.4 Å². The molecule has 3 unspecified atom stereocenters. The molecule has 76 valence electrons. The van der Waals surface area contributed by atoms with Gasteiger partial charge >= 0.3 is 5.97 Å². The van der Waals surface area contributed by atoms with Crippen molar-refractivity contribution in [3.05, 3.63) is 0 Å². The molecule has 0 amide bonds. The highest BCUT2D eigenvalue weighted by Crippen LogP contribution is 2.21. The minimum Gasteiger partial charge on any atom is -0.480 e. The number of hydrogen-bond acceptors (Lipinski definition) is 3. The molecule has 1 aliphatic heterocycles. The second-order valence-corrected chi connectivity index (χ2v) is 3.77. The van der Waals surface area contributed by atoms with E-state index in [4.69, 9.17) is 5.11 Å². The van der Waals surface area contributed by atoms with Crippen molar-refractivity contribution in [2.75, 3.05) is 0 Å². The van der Waals surface area contributed by atoms with Gasteiger partial charge in [0.15, 0.2) is 0 Å². The largest absolute Gasteiger partial charge is 0.480 e. The second-order valence-electron chi connectivity index (χ2n) is 3.77. The maximum atomic E-state index is 10.6. The van der Waals surface area contributed by atoms with Crippen LogP contribution in [0.3, 0.4) is 0 Å². The van der Waals surface area contributed by atoms with Crippen molar-refractivity contribution < 1.29 is 15.0 Å². The third-order valence-electron chi connectivity index (χ3n) is 2.84. The molecule has 1 fully saturated rings. The first-order chi connectivity index (χ1) is 6.06. The van der Waals surface area contributed by atoms with Crippen LogP contribution < -0.4 is 5.32 Å². The molecule has 4 nitrogen and oxygen atoms in total. The standard InChI is InChI=1S/C9H17NO3/c1-3-5(2)8-7(11)4-6(10-8)9(12)13/h5-8,10-11H,3-4H2,1-2H3,(H,12,13)/t5?,6?,7?,8-/m0/s1. The monoisotopic (exact) mass is 187 g/mol. The van der Waals surface area contributed by atoms with E-state index >= 15 is 0 Å². The van der Waals surface area contributed by atoms with E-state index in [2.05, 4.69) is 5.32 Å². The van der Waals surface area contributed by atoms with Crippen LogP contribution in [-0.2, 0) is 4.79 Å². The normalized spacial score (nSPS) is 36.1. The molecule has 0 bridgehead atoms. The van der Waals surface area contributed by atoms with Crippen molar-refractivity contribution in [3.8, 4) is 0 Å². The third kappa shape index (κ3) is 2.19. The summed E-state index contributed by atoms with van der Waals surface area (Å²) in [6.07, 6.45) is 0.752. The fraction of sp³-hybridized carbons (Fsp3) is 0.889. The van der Waals surface area contributed by atoms with Gasteiger partial charge in [-0.2, -0.15) is 0 Å². The van der Waals surface area contributed by atoms with Gasteiger partial charge in [-0.1, -0.05) is 20.3 Å². The van der Waals surface area contributed by atoms with Crippen LogP contribution in [0.1, 0.15) is 26.7 Å². The molecule has 1 aliphatic rings. The zero-order valence-corrected chi connectivity index (χ0v) is 8.03. The number of aliphatic hydroxyl groups is 1. The van der Waals surface area contributed by atoms with Gasteiger partial charge in [-0.25, -0.2) is 0 Å². The zero-order chi connectivity index (χ0) is 10.0. The molecule has 1 heterocycles. The van der Waals surface area contributed by atoms with E-state index in [-0.39, 0.29) is 6.04 Å². The van der Waals surface area contributed by atoms with E-state index in [9.17, 15) is 9.90 Å². The van der Waals surface area contributed by atoms with Gasteiger partial charge in [-0.15, -0.1) is 0 Å². The molecule has 3 N–H and O–H groups in total. The van der Waals surface area contributed by atoms with E-state index < -0.39 is 18.1 Å². The lowest BCUT2D eigenvalue weighted by Gasteiger charge is -2.21. The molecule has 4 heteroatoms. The topological polar surface area (TPSA) is 69.6 Å². The van der Waals surface area contributed by atoms with Gasteiger partial charge in [0, 0.05) is 12.5 Å². The highest BCUT2D eigenvalue weighted by Gasteiger charge is 2.38. The summed E-state index contributed by atoms with van der Waals surface area (Å²) in [6, 6.07) is -0.639. The number of rotatable bonds is 3. The molecule has 13 heavy (non-hydrogen) atoms. The van der Waals surface area contributed by atoms with Crippen molar-refractivity contribution in [1.82, 2.24) is 5.32 Å². The number of carboxylic acids is 1. The van der Waals surface area contributed by atoms with E-state index in [1.54, 1.807) is 0 Å². The maximum absolute atomic E-state index is 10.6. The summed E-state index contributed by atoms with van der Waals surface area (Å²) in [5, 5.41) is 21.3. The molecule has 1 rings (SSSR count). The van der Waals surface area contributed by atoms with Crippen molar-refractivity contribution in [2.24, 2.45) is 5.92 Å². The first kappa shape index (κ1) is 10.5. The summed E-state index contributed by atoms with van der Waals surface area (Å²) < 4.78 is 0. The predicted molar refractivity (Wildman–Crippen MR) is 48.4 cm³/mol. The van der Waals surface area contributed by atoms with Crippen LogP contribution in [0.15, 0.2) is 0 Å². The Labute approximate surface area is 78.0 Å². The van der Waals surface area contributed by atoms with Crippen molar-refractivity contribution in [3.63, 3.8) is 0 Å². The summed E-state index contributed by atoms with van der Waals surface area (Å²) in [6.45, 7) is 4.05. The molecule has 0 aromatic carbocycles. The average Bonchev–Trinajstić information content (AvgIpc) is 2.46. The molecule has 4 atom stereocenters. The Morgan fingerprint density at radius 1 is 1.69 bits per heavy atom. The quantitative estimate of drug-likeness (QED) is 0.590. The van der Waals surface area contributed by atoms with Crippen LogP contribution in [0.2, 0.25) is 0 Å². The summed E-state index contributed by atoms with van der Waals surface area (Å²) in [4.78, 5) is 10.6. The lowest BCUT2D eigenvalue weighted by atomic mass is 9.96.